The van der Waals surface area contributed by atoms with E-state index in [2.05, 4.69) is 22.0 Å². The highest BCUT2D eigenvalue weighted by Gasteiger charge is 2.46. The molecule has 5 aliphatic heterocycles. The summed E-state index contributed by atoms with van der Waals surface area (Å²) in [5, 5.41) is 20.6. The number of rotatable bonds is 22. The molecule has 0 spiro atoms. The Labute approximate surface area is 531 Å². The number of nitrogens with one attached hydrogen (secondary N) is 3. The summed E-state index contributed by atoms with van der Waals surface area (Å²) in [6.07, 6.45) is 4.32. The van der Waals surface area contributed by atoms with E-state index in [9.17, 15) is 43.5 Å². The number of unbranched alkanes of at least 4 members (excludes halogenated alkanes) is 2. The van der Waals surface area contributed by atoms with Crippen LogP contribution in [0.3, 0.4) is 0 Å². The zero-order valence-corrected chi connectivity index (χ0v) is 51.6. The Morgan fingerprint density at radius 3 is 1.90 bits per heavy atom. The average Bonchev–Trinajstić information content (AvgIpc) is 1.58. The van der Waals surface area contributed by atoms with Gasteiger partial charge in [-0.25, -0.2) is 9.69 Å². The third kappa shape index (κ3) is 13.8. The second-order valence-electron chi connectivity index (χ2n) is 23.5. The molecule has 92 heavy (non-hydrogen) atoms. The summed E-state index contributed by atoms with van der Waals surface area (Å²) >= 11 is 0. The molecule has 6 aromatic rings. The number of hydrogen-bond acceptors (Lipinski definition) is 16. The largest absolute Gasteiger partial charge is 0.493 e. The number of methoxy groups -OCH3 is 2. The maximum atomic E-state index is 14.8. The van der Waals surface area contributed by atoms with Gasteiger partial charge < -0.3 is 54.5 Å². The SMILES string of the molecule is COc1cc2c(cc1OCc1cccc(COc3cc4c(cc3OC)C(=O)N3Cc5ccccc5CC3C(O)N4C(=O)OCc3ccc(NC(=O)[C@H](C)NC(=O)[C@@H](NC(=O)CCCCCN4C(=O)C=CC4=O)C(C)C)cc3)n1)N=C[C@@H]1Cc3ccccc3CN1C2=O. The Kier molecular flexibility index (Phi) is 19.1. The third-order valence-electron chi connectivity index (χ3n) is 17.0. The van der Waals surface area contributed by atoms with E-state index in [1.807, 2.05) is 53.6 Å². The predicted octanol–water partition coefficient (Wildman–Crippen LogP) is 7.65. The van der Waals surface area contributed by atoms with Gasteiger partial charge in [0.15, 0.2) is 29.2 Å². The van der Waals surface area contributed by atoms with Crippen LogP contribution in [0.2, 0.25) is 0 Å². The lowest BCUT2D eigenvalue weighted by Gasteiger charge is -2.39. The van der Waals surface area contributed by atoms with Crippen molar-refractivity contribution in [3.63, 3.8) is 0 Å². The normalized spacial score (nSPS) is 17.6. The van der Waals surface area contributed by atoms with Crippen molar-refractivity contribution in [3.05, 3.63) is 178 Å². The van der Waals surface area contributed by atoms with E-state index in [1.54, 1.807) is 73.3 Å². The molecule has 0 radical (unpaired) electrons. The van der Waals surface area contributed by atoms with Crippen molar-refractivity contribution >= 4 is 70.7 Å². The highest BCUT2D eigenvalue weighted by molar-refractivity contribution is 6.13. The summed E-state index contributed by atoms with van der Waals surface area (Å²) in [6.45, 7) is 5.58. The molecule has 23 heteroatoms. The minimum Gasteiger partial charge on any atom is -0.493 e. The van der Waals surface area contributed by atoms with Gasteiger partial charge in [-0.3, -0.25) is 48.4 Å². The first-order valence-corrected chi connectivity index (χ1v) is 30.6. The number of pyridine rings is 1. The number of hydrogen-bond donors (Lipinski definition) is 4. The number of carbonyl (C=O) groups excluding carboxylic acids is 8. The van der Waals surface area contributed by atoms with Crippen LogP contribution in [-0.4, -0.2) is 130 Å². The van der Waals surface area contributed by atoms with Gasteiger partial charge in [0.25, 0.3) is 23.6 Å². The van der Waals surface area contributed by atoms with E-state index in [1.165, 1.54) is 51.0 Å². The van der Waals surface area contributed by atoms with E-state index in [0.717, 1.165) is 26.5 Å². The molecule has 0 saturated carbocycles. The summed E-state index contributed by atoms with van der Waals surface area (Å²) in [5.41, 5.74) is 6.94. The van der Waals surface area contributed by atoms with Crippen LogP contribution >= 0.6 is 0 Å². The first-order valence-electron chi connectivity index (χ1n) is 30.6. The van der Waals surface area contributed by atoms with Crippen molar-refractivity contribution in [3.8, 4) is 23.0 Å². The molecule has 5 aliphatic rings. The van der Waals surface area contributed by atoms with Crippen molar-refractivity contribution in [2.45, 2.75) is 123 Å². The number of aliphatic hydroxyl groups is 1. The number of aliphatic imine (C=N–C) groups is 1. The topological polar surface area (TPSA) is 277 Å². The number of imide groups is 1. The van der Waals surface area contributed by atoms with Gasteiger partial charge in [0.2, 0.25) is 17.7 Å². The van der Waals surface area contributed by atoms with Crippen molar-refractivity contribution in [1.82, 2.24) is 30.3 Å². The van der Waals surface area contributed by atoms with Crippen LogP contribution in [0.25, 0.3) is 0 Å². The second-order valence-corrected chi connectivity index (χ2v) is 23.5. The van der Waals surface area contributed by atoms with E-state index in [0.29, 0.717) is 77.6 Å². The lowest BCUT2D eigenvalue weighted by atomic mass is 9.93. The van der Waals surface area contributed by atoms with Crippen LogP contribution in [0.15, 0.2) is 132 Å². The summed E-state index contributed by atoms with van der Waals surface area (Å²) in [4.78, 5) is 122. The number of aliphatic hydroxyl groups excluding tert-OH is 1. The molecule has 5 atom stereocenters. The number of carbonyl (C=O) groups is 8. The molecule has 0 bridgehead atoms. The van der Waals surface area contributed by atoms with E-state index >= 15 is 0 Å². The first-order chi connectivity index (χ1) is 44.4. The van der Waals surface area contributed by atoms with Gasteiger partial charge in [-0.2, -0.15) is 0 Å². The number of amides is 8. The van der Waals surface area contributed by atoms with Gasteiger partial charge in [-0.1, -0.05) is 87.0 Å². The van der Waals surface area contributed by atoms with Crippen LogP contribution in [0.4, 0.5) is 21.9 Å². The van der Waals surface area contributed by atoms with Gasteiger partial charge in [-0.15, -0.1) is 0 Å². The quantitative estimate of drug-likeness (QED) is 0.0375. The molecule has 8 amide bonds. The van der Waals surface area contributed by atoms with Crippen molar-refractivity contribution < 1.29 is 67.1 Å². The number of fused-ring (bicyclic) bond motifs is 6. The van der Waals surface area contributed by atoms with Crippen molar-refractivity contribution in [2.24, 2.45) is 10.9 Å². The Morgan fingerprint density at radius 1 is 0.641 bits per heavy atom. The zero-order valence-electron chi connectivity index (χ0n) is 51.6. The van der Waals surface area contributed by atoms with Crippen LogP contribution in [-0.2, 0) is 74.5 Å². The summed E-state index contributed by atoms with van der Waals surface area (Å²) in [6, 6.07) is 30.8. The fourth-order valence-corrected chi connectivity index (χ4v) is 11.9. The Morgan fingerprint density at radius 2 is 1.25 bits per heavy atom. The summed E-state index contributed by atoms with van der Waals surface area (Å²) < 4.78 is 30.1. The highest BCUT2D eigenvalue weighted by Crippen LogP contribution is 2.43. The molecule has 23 nitrogen and oxygen atoms in total. The molecule has 4 N–H and O–H groups in total. The number of aromatic nitrogens is 1. The molecule has 6 heterocycles. The third-order valence-corrected chi connectivity index (χ3v) is 17.0. The maximum Gasteiger partial charge on any atom is 0.416 e. The monoisotopic (exact) mass is 1250 g/mol. The van der Waals surface area contributed by atoms with E-state index in [-0.39, 0.29) is 104 Å². The number of anilines is 2. The van der Waals surface area contributed by atoms with Crippen molar-refractivity contribution in [2.75, 3.05) is 31.0 Å². The minimum atomic E-state index is -1.60. The highest BCUT2D eigenvalue weighted by atomic mass is 16.6. The molecule has 0 aliphatic carbocycles. The fourth-order valence-electron chi connectivity index (χ4n) is 11.9. The van der Waals surface area contributed by atoms with Gasteiger partial charge in [-0.05, 0) is 103 Å². The van der Waals surface area contributed by atoms with Gasteiger partial charge in [0, 0.05) is 62.2 Å². The number of benzene rings is 5. The van der Waals surface area contributed by atoms with Crippen LogP contribution in [0.5, 0.6) is 23.0 Å². The van der Waals surface area contributed by atoms with E-state index in [4.69, 9.17) is 33.7 Å². The maximum absolute atomic E-state index is 14.8. The Bertz CT molecular complexity index is 3910. The zero-order chi connectivity index (χ0) is 64.7. The molecule has 5 aromatic carbocycles. The standard InChI is InChI=1S/C69H71N9O14/c1-40(2)63(74-60(79)20-7-6-12-27-75-61(80)25-26-62(75)81)65(83)71-41(3)64(82)73-47-23-21-42(22-24-47)37-92-69(87)78-54-33-59(57(89-5)31-52(54)67(85)77-36-46-17-11-9-15-44(46)29-55(77)68(78)86)91-39-49-19-13-18-48(72-49)38-90-58-32-53-51(30-56(58)88-4)66(84)76-35-45-16-10-8-14-43(45)28-50(76)34-70-53/h8-11,13-19,21-26,30-34,40-41,50,55,63,68,86H,6-7,12,20,27-29,35-39H2,1-5H3,(H,71,83)(H,73,82)(H,74,79)/t41-,50-,55?,63-,68?/m0/s1. The molecule has 0 fully saturated rings. The average molecular weight is 1250 g/mol. The minimum absolute atomic E-state index is 0.0111. The lowest BCUT2D eigenvalue weighted by Crippen LogP contribution is -2.55. The molecular formula is C69H71N9O14. The van der Waals surface area contributed by atoms with Crippen molar-refractivity contribution in [1.29, 1.82) is 0 Å². The van der Waals surface area contributed by atoms with Crippen LogP contribution < -0.4 is 39.8 Å². The van der Waals surface area contributed by atoms with E-state index < -0.39 is 48.2 Å². The smallest absolute Gasteiger partial charge is 0.416 e. The number of nitrogens with zero attached hydrogens (tertiary/aromatic N) is 6. The molecular weight excluding hydrogens is 1180 g/mol. The molecule has 11 rings (SSSR count). The van der Waals surface area contributed by atoms with Gasteiger partial charge in [0.05, 0.1) is 60.2 Å². The molecule has 476 valence electrons. The Balaban J connectivity index is 0.733. The molecule has 0 saturated heterocycles. The molecule has 2 unspecified atom stereocenters. The fraction of sp³-hybridized carbons (Fsp3) is 0.333. The summed E-state index contributed by atoms with van der Waals surface area (Å²) in [5.74, 6) is -2.03. The predicted molar refractivity (Wildman–Crippen MR) is 337 cm³/mol. The number of ether oxygens (including phenoxy) is 5. The second kappa shape index (κ2) is 27.8. The van der Waals surface area contributed by atoms with Crippen LogP contribution in [0, 0.1) is 5.92 Å². The van der Waals surface area contributed by atoms with Gasteiger partial charge in [0.1, 0.15) is 31.9 Å². The van der Waals surface area contributed by atoms with Crippen LogP contribution in [0.1, 0.15) is 106 Å². The Hall–Kier alpha value is -10.4. The lowest BCUT2D eigenvalue weighted by molar-refractivity contribution is -0.137. The van der Waals surface area contributed by atoms with Gasteiger partial charge >= 0.3 is 6.09 Å². The first kappa shape index (κ1) is 63.2. The molecule has 1 aromatic heterocycles. The summed E-state index contributed by atoms with van der Waals surface area (Å²) in [7, 11) is 2.93.